The average molecular weight is 280 g/mol. The molecule has 0 heterocycles. The molecule has 2 aromatic carbocycles. The summed E-state index contributed by atoms with van der Waals surface area (Å²) in [6.07, 6.45) is -5.02. The standard InChI is InChI=1S/C15H11F3O2/c1-10-6-5-9-12(11-7-3-2-4-8-11)13(10)20-14(19)15(16,17)18/h2-9H,1H3. The number of alkyl halides is 3. The molecule has 2 aromatic rings. The molecule has 0 N–H and O–H groups in total. The van der Waals surface area contributed by atoms with Crippen molar-refractivity contribution in [3.8, 4) is 16.9 Å². The number of hydrogen-bond acceptors (Lipinski definition) is 2. The topological polar surface area (TPSA) is 26.3 Å². The van der Waals surface area contributed by atoms with E-state index >= 15 is 0 Å². The first-order valence-corrected chi connectivity index (χ1v) is 5.83. The molecular formula is C15H11F3O2. The maximum atomic E-state index is 12.3. The van der Waals surface area contributed by atoms with E-state index in [-0.39, 0.29) is 5.75 Å². The van der Waals surface area contributed by atoms with Gasteiger partial charge >= 0.3 is 12.1 Å². The van der Waals surface area contributed by atoms with Gasteiger partial charge < -0.3 is 4.74 Å². The van der Waals surface area contributed by atoms with Crippen LogP contribution in [0.4, 0.5) is 13.2 Å². The lowest BCUT2D eigenvalue weighted by molar-refractivity contribution is -0.189. The van der Waals surface area contributed by atoms with Crippen LogP contribution >= 0.6 is 0 Å². The lowest BCUT2D eigenvalue weighted by Gasteiger charge is -2.14. The molecule has 0 saturated carbocycles. The fraction of sp³-hybridized carbons (Fsp3) is 0.133. The van der Waals surface area contributed by atoms with Gasteiger partial charge in [0.25, 0.3) is 0 Å². The van der Waals surface area contributed by atoms with Gasteiger partial charge in [0.05, 0.1) is 0 Å². The minimum absolute atomic E-state index is 0.0685. The first-order valence-electron chi connectivity index (χ1n) is 5.83. The molecule has 2 rings (SSSR count). The summed E-state index contributed by atoms with van der Waals surface area (Å²) in [4.78, 5) is 11.0. The smallest absolute Gasteiger partial charge is 0.419 e. The third kappa shape index (κ3) is 2.99. The largest absolute Gasteiger partial charge is 0.491 e. The zero-order chi connectivity index (χ0) is 14.8. The zero-order valence-electron chi connectivity index (χ0n) is 10.6. The van der Waals surface area contributed by atoms with Crippen molar-refractivity contribution in [3.63, 3.8) is 0 Å². The Bertz CT molecular complexity index is 619. The Hall–Kier alpha value is -2.30. The van der Waals surface area contributed by atoms with Crippen LogP contribution in [0.15, 0.2) is 48.5 Å². The third-order valence-corrected chi connectivity index (χ3v) is 2.72. The van der Waals surface area contributed by atoms with Gasteiger partial charge in [-0.25, -0.2) is 4.79 Å². The summed E-state index contributed by atoms with van der Waals surface area (Å²) < 4.78 is 41.5. The normalized spacial score (nSPS) is 11.2. The summed E-state index contributed by atoms with van der Waals surface area (Å²) in [5, 5.41) is 0. The van der Waals surface area contributed by atoms with Gasteiger partial charge in [0.15, 0.2) is 0 Å². The second-order valence-electron chi connectivity index (χ2n) is 4.20. The van der Waals surface area contributed by atoms with Crippen LogP contribution in [0.3, 0.4) is 0 Å². The molecular weight excluding hydrogens is 269 g/mol. The summed E-state index contributed by atoms with van der Waals surface area (Å²) in [6.45, 7) is 1.59. The fourth-order valence-corrected chi connectivity index (χ4v) is 1.78. The highest BCUT2D eigenvalue weighted by atomic mass is 19.4. The number of rotatable bonds is 2. The highest BCUT2D eigenvalue weighted by molar-refractivity contribution is 5.82. The summed E-state index contributed by atoms with van der Waals surface area (Å²) in [7, 11) is 0. The number of halogens is 3. The van der Waals surface area contributed by atoms with E-state index in [2.05, 4.69) is 4.74 Å². The molecule has 0 aliphatic carbocycles. The molecule has 20 heavy (non-hydrogen) atoms. The van der Waals surface area contributed by atoms with Crippen LogP contribution in [0.25, 0.3) is 11.1 Å². The molecule has 0 saturated heterocycles. The molecule has 0 aromatic heterocycles. The van der Waals surface area contributed by atoms with Crippen molar-refractivity contribution in [1.82, 2.24) is 0 Å². The van der Waals surface area contributed by atoms with Crippen molar-refractivity contribution in [1.29, 1.82) is 0 Å². The Morgan fingerprint density at radius 1 is 1.00 bits per heavy atom. The minimum Gasteiger partial charge on any atom is -0.419 e. The van der Waals surface area contributed by atoms with Gasteiger partial charge in [-0.15, -0.1) is 0 Å². The predicted octanol–water partition coefficient (Wildman–Crippen LogP) is 4.13. The second-order valence-corrected chi connectivity index (χ2v) is 4.20. The first kappa shape index (κ1) is 14.1. The van der Waals surface area contributed by atoms with Crippen LogP contribution in [0.1, 0.15) is 5.56 Å². The van der Waals surface area contributed by atoms with Gasteiger partial charge in [0.1, 0.15) is 5.75 Å². The van der Waals surface area contributed by atoms with Gasteiger partial charge in [-0.05, 0) is 18.1 Å². The second kappa shape index (κ2) is 5.36. The first-order chi connectivity index (χ1) is 9.39. The summed E-state index contributed by atoms with van der Waals surface area (Å²) >= 11 is 0. The number of hydrogen-bond donors (Lipinski definition) is 0. The summed E-state index contributed by atoms with van der Waals surface area (Å²) in [5.41, 5.74) is 1.59. The number of carbonyl (C=O) groups excluding carboxylic acids is 1. The van der Waals surface area contributed by atoms with Gasteiger partial charge in [-0.1, -0.05) is 48.5 Å². The molecule has 104 valence electrons. The number of benzene rings is 2. The molecule has 0 fully saturated rings. The van der Waals surface area contributed by atoms with Crippen molar-refractivity contribution in [2.75, 3.05) is 0 Å². The van der Waals surface area contributed by atoms with E-state index in [0.29, 0.717) is 16.7 Å². The Labute approximate surface area is 113 Å². The number of para-hydroxylation sites is 1. The molecule has 0 radical (unpaired) electrons. The van der Waals surface area contributed by atoms with Crippen molar-refractivity contribution in [2.45, 2.75) is 13.1 Å². The Morgan fingerprint density at radius 2 is 1.65 bits per heavy atom. The number of carbonyl (C=O) groups is 1. The SMILES string of the molecule is Cc1cccc(-c2ccccc2)c1OC(=O)C(F)(F)F. The van der Waals surface area contributed by atoms with E-state index in [9.17, 15) is 18.0 Å². The number of esters is 1. The predicted molar refractivity (Wildman–Crippen MR) is 68.3 cm³/mol. The van der Waals surface area contributed by atoms with Gasteiger partial charge in [0, 0.05) is 5.56 Å². The Kier molecular flexibility index (Phi) is 3.79. The van der Waals surface area contributed by atoms with Crippen LogP contribution in [0.2, 0.25) is 0 Å². The van der Waals surface area contributed by atoms with E-state index in [1.165, 1.54) is 0 Å². The van der Waals surface area contributed by atoms with Crippen molar-refractivity contribution in [3.05, 3.63) is 54.1 Å². The fourth-order valence-electron chi connectivity index (χ4n) is 1.78. The van der Waals surface area contributed by atoms with E-state index in [4.69, 9.17) is 0 Å². The quantitative estimate of drug-likeness (QED) is 0.610. The molecule has 2 nitrogen and oxygen atoms in total. The van der Waals surface area contributed by atoms with E-state index < -0.39 is 12.1 Å². The maximum Gasteiger partial charge on any atom is 0.491 e. The lowest BCUT2D eigenvalue weighted by atomic mass is 10.0. The van der Waals surface area contributed by atoms with E-state index in [1.54, 1.807) is 55.5 Å². The molecule has 0 spiro atoms. The molecule has 0 aliphatic heterocycles. The van der Waals surface area contributed by atoms with Gasteiger partial charge in [0.2, 0.25) is 0 Å². The minimum atomic E-state index is -5.02. The van der Waals surface area contributed by atoms with Crippen molar-refractivity contribution >= 4 is 5.97 Å². The van der Waals surface area contributed by atoms with E-state index in [0.717, 1.165) is 0 Å². The highest BCUT2D eigenvalue weighted by Crippen LogP contribution is 2.34. The number of aryl methyl sites for hydroxylation is 1. The highest BCUT2D eigenvalue weighted by Gasteiger charge is 2.41. The maximum absolute atomic E-state index is 12.3. The van der Waals surface area contributed by atoms with Crippen LogP contribution in [-0.4, -0.2) is 12.1 Å². The molecule has 0 aliphatic rings. The summed E-state index contributed by atoms with van der Waals surface area (Å²) in [6, 6.07) is 13.7. The van der Waals surface area contributed by atoms with Crippen LogP contribution in [0.5, 0.6) is 5.75 Å². The van der Waals surface area contributed by atoms with Crippen LogP contribution in [-0.2, 0) is 4.79 Å². The molecule has 5 heteroatoms. The number of ether oxygens (including phenoxy) is 1. The van der Waals surface area contributed by atoms with Crippen LogP contribution < -0.4 is 4.74 Å². The van der Waals surface area contributed by atoms with Crippen molar-refractivity contribution < 1.29 is 22.7 Å². The van der Waals surface area contributed by atoms with Crippen molar-refractivity contribution in [2.24, 2.45) is 0 Å². The van der Waals surface area contributed by atoms with Gasteiger partial charge in [-0.3, -0.25) is 0 Å². The Morgan fingerprint density at radius 3 is 2.25 bits per heavy atom. The molecule has 0 unspecified atom stereocenters. The lowest BCUT2D eigenvalue weighted by Crippen LogP contribution is -2.28. The monoisotopic (exact) mass is 280 g/mol. The summed E-state index contributed by atoms with van der Waals surface area (Å²) in [5.74, 6) is -2.29. The molecule has 0 bridgehead atoms. The van der Waals surface area contributed by atoms with Crippen LogP contribution in [0, 0.1) is 6.92 Å². The van der Waals surface area contributed by atoms with E-state index in [1.807, 2.05) is 0 Å². The third-order valence-electron chi connectivity index (χ3n) is 2.72. The molecule has 0 atom stereocenters. The molecule has 0 amide bonds. The Balaban J connectivity index is 2.45. The zero-order valence-corrected chi connectivity index (χ0v) is 10.6. The van der Waals surface area contributed by atoms with Gasteiger partial charge in [-0.2, -0.15) is 13.2 Å². The average Bonchev–Trinajstić information content (AvgIpc) is 2.41.